The molecule has 0 saturated heterocycles. The number of phenols is 1. The standard InChI is InChI=1S/C22H25N3O8S/c26-18-13-15(7-9-17(18)25-14-21(28)24-34(25,31)32)8-10-20(27)23-11-3-4-12-33-19-6-2-1-5-16(19)22(29)30/h1-2,5-7,9,13-14,24,26,28H,3-4,8,10-12H2,(H,23,27)(H,29,30). The van der Waals surface area contributed by atoms with Crippen LogP contribution in [0.4, 0.5) is 5.69 Å². The minimum absolute atomic E-state index is 0.0297. The molecule has 182 valence electrons. The molecule has 1 amide bonds. The Morgan fingerprint density at radius 3 is 2.53 bits per heavy atom. The molecule has 5 N–H and O–H groups in total. The van der Waals surface area contributed by atoms with Crippen LogP contribution in [0.5, 0.6) is 11.5 Å². The van der Waals surface area contributed by atoms with Crippen LogP contribution < -0.4 is 19.1 Å². The van der Waals surface area contributed by atoms with Crippen molar-refractivity contribution in [2.24, 2.45) is 0 Å². The highest BCUT2D eigenvalue weighted by atomic mass is 32.2. The summed E-state index contributed by atoms with van der Waals surface area (Å²) in [6.45, 7) is 0.754. The highest BCUT2D eigenvalue weighted by Gasteiger charge is 2.30. The molecule has 34 heavy (non-hydrogen) atoms. The number of aromatic carboxylic acids is 1. The lowest BCUT2D eigenvalue weighted by molar-refractivity contribution is -0.121. The van der Waals surface area contributed by atoms with E-state index in [1.807, 2.05) is 4.72 Å². The average Bonchev–Trinajstić information content (AvgIpc) is 3.06. The Morgan fingerprint density at radius 2 is 1.85 bits per heavy atom. The summed E-state index contributed by atoms with van der Waals surface area (Å²) < 4.78 is 31.9. The number of aliphatic hydroxyl groups is 1. The van der Waals surface area contributed by atoms with Crippen LogP contribution in [-0.4, -0.2) is 48.8 Å². The molecule has 11 nitrogen and oxygen atoms in total. The minimum atomic E-state index is -4.01. The molecule has 0 fully saturated rings. The molecule has 0 radical (unpaired) electrons. The van der Waals surface area contributed by atoms with E-state index in [4.69, 9.17) is 9.84 Å². The molecule has 0 spiro atoms. The van der Waals surface area contributed by atoms with Gasteiger partial charge in [0, 0.05) is 13.0 Å². The molecule has 0 saturated carbocycles. The van der Waals surface area contributed by atoms with E-state index in [-0.39, 0.29) is 29.3 Å². The van der Waals surface area contributed by atoms with Crippen LogP contribution in [0.15, 0.2) is 54.5 Å². The number of carboxylic acid groups (broad SMARTS) is 1. The van der Waals surface area contributed by atoms with E-state index in [9.17, 15) is 28.2 Å². The number of carbonyl (C=O) groups excluding carboxylic acids is 1. The zero-order chi connectivity index (χ0) is 24.7. The Balaban J connectivity index is 1.38. The van der Waals surface area contributed by atoms with Crippen molar-refractivity contribution in [2.75, 3.05) is 17.5 Å². The number of carboxylic acids is 1. The number of phenolic OH excluding ortho intramolecular Hbond substituents is 1. The van der Waals surface area contributed by atoms with E-state index in [0.717, 1.165) is 10.5 Å². The summed E-state index contributed by atoms with van der Waals surface area (Å²) in [5.74, 6) is -1.80. The van der Waals surface area contributed by atoms with Gasteiger partial charge in [-0.05, 0) is 49.1 Å². The van der Waals surface area contributed by atoms with Crippen molar-refractivity contribution in [2.45, 2.75) is 25.7 Å². The van der Waals surface area contributed by atoms with Gasteiger partial charge >= 0.3 is 16.2 Å². The minimum Gasteiger partial charge on any atom is -0.506 e. The number of aryl methyl sites for hydroxylation is 1. The molecule has 1 heterocycles. The maximum Gasteiger partial charge on any atom is 0.339 e. The Hall–Kier alpha value is -3.93. The molecule has 1 aliphatic heterocycles. The average molecular weight is 492 g/mol. The Morgan fingerprint density at radius 1 is 1.09 bits per heavy atom. The smallest absolute Gasteiger partial charge is 0.339 e. The van der Waals surface area contributed by atoms with Crippen molar-refractivity contribution in [1.82, 2.24) is 10.0 Å². The van der Waals surface area contributed by atoms with Gasteiger partial charge in [0.15, 0.2) is 0 Å². The van der Waals surface area contributed by atoms with Crippen LogP contribution in [-0.2, 0) is 21.4 Å². The van der Waals surface area contributed by atoms with E-state index >= 15 is 0 Å². The molecule has 1 aliphatic rings. The topological polar surface area (TPSA) is 166 Å². The van der Waals surface area contributed by atoms with Crippen molar-refractivity contribution in [1.29, 1.82) is 0 Å². The fourth-order valence-electron chi connectivity index (χ4n) is 3.25. The van der Waals surface area contributed by atoms with Crippen molar-refractivity contribution < 1.29 is 38.1 Å². The van der Waals surface area contributed by atoms with Crippen LogP contribution in [0.2, 0.25) is 0 Å². The summed E-state index contributed by atoms with van der Waals surface area (Å²) in [5.41, 5.74) is 0.709. The molecular weight excluding hydrogens is 466 g/mol. The zero-order valence-electron chi connectivity index (χ0n) is 18.1. The van der Waals surface area contributed by atoms with Crippen LogP contribution in [0, 0.1) is 0 Å². The van der Waals surface area contributed by atoms with Gasteiger partial charge in [0.1, 0.15) is 22.7 Å². The number of hydrogen-bond acceptors (Lipinski definition) is 7. The number of para-hydroxylation sites is 1. The van der Waals surface area contributed by atoms with Crippen molar-refractivity contribution in [3.8, 4) is 11.5 Å². The first-order chi connectivity index (χ1) is 16.2. The van der Waals surface area contributed by atoms with Gasteiger partial charge in [0.05, 0.1) is 12.8 Å². The second-order valence-corrected chi connectivity index (χ2v) is 8.99. The van der Waals surface area contributed by atoms with Gasteiger partial charge in [0.25, 0.3) is 0 Å². The number of anilines is 1. The monoisotopic (exact) mass is 491 g/mol. The molecule has 0 atom stereocenters. The van der Waals surface area contributed by atoms with Crippen molar-refractivity contribution >= 4 is 27.8 Å². The summed E-state index contributed by atoms with van der Waals surface area (Å²) in [4.78, 5) is 23.2. The SMILES string of the molecule is O=C(CCc1ccc(N2C=C(O)NS2(=O)=O)c(O)c1)NCCCCOc1ccccc1C(=O)O. The van der Waals surface area contributed by atoms with Crippen LogP contribution in [0.3, 0.4) is 0 Å². The first-order valence-corrected chi connectivity index (χ1v) is 11.9. The number of nitrogens with zero attached hydrogens (tertiary/aromatic N) is 1. The largest absolute Gasteiger partial charge is 0.506 e. The number of amides is 1. The molecule has 3 rings (SSSR count). The molecule has 12 heteroatoms. The molecule has 0 aliphatic carbocycles. The summed E-state index contributed by atoms with van der Waals surface area (Å²) >= 11 is 0. The number of hydrogen-bond donors (Lipinski definition) is 5. The van der Waals surface area contributed by atoms with Crippen LogP contribution >= 0.6 is 0 Å². The van der Waals surface area contributed by atoms with Crippen LogP contribution in [0.1, 0.15) is 35.2 Å². The number of benzene rings is 2. The van der Waals surface area contributed by atoms with E-state index in [1.54, 1.807) is 24.3 Å². The van der Waals surface area contributed by atoms with Gasteiger partial charge in [-0.3, -0.25) is 4.79 Å². The number of aromatic hydroxyl groups is 1. The van der Waals surface area contributed by atoms with Gasteiger partial charge in [-0.15, -0.1) is 0 Å². The van der Waals surface area contributed by atoms with E-state index in [0.29, 0.717) is 43.7 Å². The summed E-state index contributed by atoms with van der Waals surface area (Å²) in [7, 11) is -4.01. The number of ether oxygens (including phenoxy) is 1. The Labute approximate surface area is 196 Å². The van der Waals surface area contributed by atoms with E-state index in [2.05, 4.69) is 5.32 Å². The number of aliphatic hydroxyl groups excluding tert-OH is 1. The lowest BCUT2D eigenvalue weighted by Crippen LogP contribution is -2.29. The van der Waals surface area contributed by atoms with Gasteiger partial charge < -0.3 is 25.4 Å². The fraction of sp³-hybridized carbons (Fsp3) is 0.273. The van der Waals surface area contributed by atoms with E-state index < -0.39 is 22.1 Å². The maximum absolute atomic E-state index is 12.1. The Bertz CT molecular complexity index is 1200. The van der Waals surface area contributed by atoms with E-state index in [1.165, 1.54) is 18.2 Å². The highest BCUT2D eigenvalue weighted by Crippen LogP contribution is 2.32. The number of unbranched alkanes of at least 4 members (excludes halogenated alkanes) is 1. The fourth-order valence-corrected chi connectivity index (χ4v) is 4.32. The Kier molecular flexibility index (Phi) is 7.84. The zero-order valence-corrected chi connectivity index (χ0v) is 18.9. The van der Waals surface area contributed by atoms with Gasteiger partial charge in [-0.2, -0.15) is 8.42 Å². The first kappa shape index (κ1) is 24.7. The third-order valence-corrected chi connectivity index (χ3v) is 6.21. The third kappa shape index (κ3) is 6.32. The second-order valence-electron chi connectivity index (χ2n) is 7.45. The molecular formula is C22H25N3O8S. The van der Waals surface area contributed by atoms with Gasteiger partial charge in [0.2, 0.25) is 11.8 Å². The third-order valence-electron chi connectivity index (χ3n) is 4.92. The van der Waals surface area contributed by atoms with Crippen molar-refractivity contribution in [3.63, 3.8) is 0 Å². The summed E-state index contributed by atoms with van der Waals surface area (Å²) in [5, 5.41) is 31.5. The molecule has 2 aromatic carbocycles. The number of carbonyl (C=O) groups is 2. The normalized spacial score (nSPS) is 14.2. The lowest BCUT2D eigenvalue weighted by Gasteiger charge is -2.16. The summed E-state index contributed by atoms with van der Waals surface area (Å²) in [6.07, 6.45) is 2.72. The second kappa shape index (κ2) is 10.8. The molecule has 2 aromatic rings. The number of nitrogens with one attached hydrogen (secondary N) is 2. The number of rotatable bonds is 11. The quantitative estimate of drug-likeness (QED) is 0.298. The first-order valence-electron chi connectivity index (χ1n) is 10.4. The molecule has 0 aromatic heterocycles. The van der Waals surface area contributed by atoms with Gasteiger partial charge in [-0.1, -0.05) is 18.2 Å². The van der Waals surface area contributed by atoms with Crippen LogP contribution in [0.25, 0.3) is 0 Å². The highest BCUT2D eigenvalue weighted by molar-refractivity contribution is 7.91. The maximum atomic E-state index is 12.1. The summed E-state index contributed by atoms with van der Waals surface area (Å²) in [6, 6.07) is 10.7. The lowest BCUT2D eigenvalue weighted by atomic mass is 10.1. The molecule has 0 bridgehead atoms. The molecule has 0 unspecified atom stereocenters. The predicted octanol–water partition coefficient (Wildman–Crippen LogP) is 2.01. The predicted molar refractivity (Wildman–Crippen MR) is 123 cm³/mol. The van der Waals surface area contributed by atoms with Gasteiger partial charge in [-0.25, -0.2) is 13.8 Å². The van der Waals surface area contributed by atoms with Crippen molar-refractivity contribution in [3.05, 3.63) is 65.7 Å².